The van der Waals surface area contributed by atoms with E-state index in [-0.39, 0.29) is 30.2 Å². The minimum absolute atomic E-state index is 0.0424. The lowest BCUT2D eigenvalue weighted by Gasteiger charge is -2.22. The lowest BCUT2D eigenvalue weighted by atomic mass is 10.0. The Bertz CT molecular complexity index is 861. The molecule has 3 N–H and O–H groups in total. The molecule has 174 valence electrons. The first kappa shape index (κ1) is 25.4. The average Bonchev–Trinajstić information content (AvgIpc) is 3.10. The Morgan fingerprint density at radius 1 is 1.22 bits per heavy atom. The number of hydrogen-bond donors (Lipinski definition) is 3. The Morgan fingerprint density at radius 3 is 2.59 bits per heavy atom. The first-order valence-electron chi connectivity index (χ1n) is 10.6. The zero-order chi connectivity index (χ0) is 23.3. The summed E-state index contributed by atoms with van der Waals surface area (Å²) in [4.78, 5) is 35.5. The van der Waals surface area contributed by atoms with Crippen molar-refractivity contribution in [2.24, 2.45) is 5.92 Å². The number of hydrogen-bond acceptors (Lipinski definition) is 7. The summed E-state index contributed by atoms with van der Waals surface area (Å²) in [7, 11) is 2.00. The number of rotatable bonds is 7. The van der Waals surface area contributed by atoms with Crippen molar-refractivity contribution in [3.63, 3.8) is 0 Å². The van der Waals surface area contributed by atoms with Gasteiger partial charge in [0, 0.05) is 25.6 Å². The van der Waals surface area contributed by atoms with Crippen LogP contribution in [-0.4, -0.2) is 64.7 Å². The predicted molar refractivity (Wildman–Crippen MR) is 122 cm³/mol. The number of likely N-dealkylation sites (tertiary alicyclic amines) is 1. The summed E-state index contributed by atoms with van der Waals surface area (Å²) in [6.07, 6.45) is 2.78. The predicted octanol–water partition coefficient (Wildman–Crippen LogP) is 1.62. The minimum atomic E-state index is -0.250. The number of carboxylic acid groups (broad SMARTS) is 1. The second-order valence-corrected chi connectivity index (χ2v) is 9.05. The number of nitrogens with zero attached hydrogens (tertiary/aromatic N) is 3. The van der Waals surface area contributed by atoms with Crippen molar-refractivity contribution >= 4 is 29.6 Å². The van der Waals surface area contributed by atoms with Gasteiger partial charge in [-0.05, 0) is 38.8 Å². The van der Waals surface area contributed by atoms with E-state index in [2.05, 4.69) is 25.7 Å². The summed E-state index contributed by atoms with van der Waals surface area (Å²) in [5, 5.41) is 22.8. The van der Waals surface area contributed by atoms with Gasteiger partial charge in [0.05, 0.1) is 12.5 Å². The van der Waals surface area contributed by atoms with Gasteiger partial charge >= 0.3 is 0 Å². The molecule has 0 radical (unpaired) electrons. The molecule has 2 amide bonds. The van der Waals surface area contributed by atoms with E-state index in [1.54, 1.807) is 0 Å². The lowest BCUT2D eigenvalue weighted by molar-refractivity contribution is -0.126. The summed E-state index contributed by atoms with van der Waals surface area (Å²) in [5.74, 6) is 0.0304. The third kappa shape index (κ3) is 9.11. The van der Waals surface area contributed by atoms with Crippen molar-refractivity contribution in [2.75, 3.05) is 20.1 Å². The van der Waals surface area contributed by atoms with E-state index in [4.69, 9.17) is 9.90 Å². The molecular formula is C22H31N5O4S. The molecule has 0 unspecified atom stereocenters. The van der Waals surface area contributed by atoms with Gasteiger partial charge in [0.25, 0.3) is 6.47 Å². The fraction of sp³-hybridized carbons (Fsp3) is 0.500. The molecule has 2 heterocycles. The first-order chi connectivity index (χ1) is 15.4. The molecule has 1 saturated heterocycles. The van der Waals surface area contributed by atoms with Crippen LogP contribution < -0.4 is 10.6 Å². The van der Waals surface area contributed by atoms with Crippen LogP contribution in [-0.2, 0) is 27.3 Å². The quantitative estimate of drug-likeness (QED) is 0.535. The number of carbonyl (C=O) groups excluding carboxylic acids is 2. The molecule has 0 bridgehead atoms. The zero-order valence-corrected chi connectivity index (χ0v) is 19.3. The van der Waals surface area contributed by atoms with Crippen LogP contribution in [0.15, 0.2) is 30.3 Å². The summed E-state index contributed by atoms with van der Waals surface area (Å²) < 4.78 is 0. The van der Waals surface area contributed by atoms with Crippen LogP contribution in [0.3, 0.4) is 0 Å². The van der Waals surface area contributed by atoms with Gasteiger partial charge in [-0.2, -0.15) is 0 Å². The fourth-order valence-electron chi connectivity index (χ4n) is 3.66. The van der Waals surface area contributed by atoms with E-state index in [1.807, 2.05) is 44.3 Å². The minimum Gasteiger partial charge on any atom is -0.483 e. The van der Waals surface area contributed by atoms with Gasteiger partial charge in [0.15, 0.2) is 0 Å². The lowest BCUT2D eigenvalue weighted by Crippen LogP contribution is -2.42. The molecule has 32 heavy (non-hydrogen) atoms. The highest BCUT2D eigenvalue weighted by molar-refractivity contribution is 7.11. The van der Waals surface area contributed by atoms with Crippen molar-refractivity contribution in [1.82, 2.24) is 25.7 Å². The standard InChI is InChI=1S/C21H29N5O2S.CH2O2/c1-15-24-25-20(29-15)12-22-21(28)17-9-10-18(14-26(2)13-17)23-19(27)11-8-16-6-4-3-5-7-16;2-1-3/h3-7,17-18H,8-14H2,1-2H3,(H,22,28)(H,23,27);1H,(H,2,3)/t17-,18+;/m1./s1. The van der Waals surface area contributed by atoms with E-state index in [9.17, 15) is 9.59 Å². The topological polar surface area (TPSA) is 125 Å². The van der Waals surface area contributed by atoms with Crippen LogP contribution in [0.2, 0.25) is 0 Å². The summed E-state index contributed by atoms with van der Waals surface area (Å²) >= 11 is 1.50. The Kier molecular flexibility index (Phi) is 10.8. The maximum atomic E-state index is 12.6. The second kappa shape index (κ2) is 13.5. The molecule has 0 aliphatic carbocycles. The molecular weight excluding hydrogens is 430 g/mol. The molecule has 0 spiro atoms. The van der Waals surface area contributed by atoms with Gasteiger partial charge in [0.2, 0.25) is 11.8 Å². The van der Waals surface area contributed by atoms with E-state index in [0.29, 0.717) is 19.5 Å². The summed E-state index contributed by atoms with van der Waals surface area (Å²) in [5.41, 5.74) is 1.17. The number of aryl methyl sites for hydroxylation is 2. The van der Waals surface area contributed by atoms with Gasteiger partial charge in [-0.25, -0.2) is 0 Å². The maximum absolute atomic E-state index is 12.6. The number of amides is 2. The first-order valence-corrected chi connectivity index (χ1v) is 11.4. The van der Waals surface area contributed by atoms with Crippen molar-refractivity contribution in [3.05, 3.63) is 45.9 Å². The largest absolute Gasteiger partial charge is 0.483 e. The molecule has 1 fully saturated rings. The molecule has 2 atom stereocenters. The van der Waals surface area contributed by atoms with Crippen LogP contribution >= 0.6 is 11.3 Å². The van der Waals surface area contributed by atoms with Gasteiger partial charge in [-0.1, -0.05) is 41.7 Å². The van der Waals surface area contributed by atoms with Gasteiger partial charge < -0.3 is 20.6 Å². The molecule has 1 aromatic heterocycles. The highest BCUT2D eigenvalue weighted by Gasteiger charge is 2.27. The number of carbonyl (C=O) groups is 3. The smallest absolute Gasteiger partial charge is 0.290 e. The number of aromatic nitrogens is 2. The second-order valence-electron chi connectivity index (χ2n) is 7.78. The molecule has 2 aromatic rings. The number of benzene rings is 1. The van der Waals surface area contributed by atoms with E-state index in [0.717, 1.165) is 35.8 Å². The Labute approximate surface area is 192 Å². The average molecular weight is 462 g/mol. The van der Waals surface area contributed by atoms with Crippen molar-refractivity contribution in [2.45, 2.75) is 45.2 Å². The van der Waals surface area contributed by atoms with Crippen LogP contribution in [0.5, 0.6) is 0 Å². The molecule has 9 nitrogen and oxygen atoms in total. The molecule has 1 aliphatic rings. The highest BCUT2D eigenvalue weighted by Crippen LogP contribution is 2.17. The summed E-state index contributed by atoms with van der Waals surface area (Å²) in [6.45, 7) is 3.52. The van der Waals surface area contributed by atoms with E-state index >= 15 is 0 Å². The van der Waals surface area contributed by atoms with E-state index < -0.39 is 0 Å². The zero-order valence-electron chi connectivity index (χ0n) is 18.5. The third-order valence-electron chi connectivity index (χ3n) is 5.13. The van der Waals surface area contributed by atoms with Crippen molar-refractivity contribution in [1.29, 1.82) is 0 Å². The van der Waals surface area contributed by atoms with Crippen molar-refractivity contribution in [3.8, 4) is 0 Å². The van der Waals surface area contributed by atoms with Crippen molar-refractivity contribution < 1.29 is 19.5 Å². The molecule has 0 saturated carbocycles. The van der Waals surface area contributed by atoms with Crippen LogP contribution in [0.25, 0.3) is 0 Å². The fourth-order valence-corrected chi connectivity index (χ4v) is 4.31. The Balaban J connectivity index is 0.00000114. The van der Waals surface area contributed by atoms with Crippen LogP contribution in [0.4, 0.5) is 0 Å². The third-order valence-corrected chi connectivity index (χ3v) is 5.97. The Hall–Kier alpha value is -2.85. The van der Waals surface area contributed by atoms with E-state index in [1.165, 1.54) is 16.9 Å². The molecule has 3 rings (SSSR count). The van der Waals surface area contributed by atoms with Crippen LogP contribution in [0.1, 0.15) is 34.8 Å². The normalized spacial score (nSPS) is 18.6. The maximum Gasteiger partial charge on any atom is 0.290 e. The number of likely N-dealkylation sites (N-methyl/N-ethyl adjacent to an activating group) is 1. The monoisotopic (exact) mass is 461 g/mol. The molecule has 1 aliphatic heterocycles. The van der Waals surface area contributed by atoms with Gasteiger partial charge in [-0.3, -0.25) is 14.4 Å². The van der Waals surface area contributed by atoms with Crippen LogP contribution in [0, 0.1) is 12.8 Å². The SMILES string of the molecule is Cc1nnc(CNC(=O)[C@@H]2CC[C@H](NC(=O)CCc3ccccc3)CN(C)C2)s1.O=CO. The molecule has 1 aromatic carbocycles. The molecule has 10 heteroatoms. The Morgan fingerprint density at radius 2 is 1.94 bits per heavy atom. The summed E-state index contributed by atoms with van der Waals surface area (Å²) in [6, 6.07) is 10.1. The van der Waals surface area contributed by atoms with Gasteiger partial charge in [-0.15, -0.1) is 10.2 Å². The number of nitrogens with one attached hydrogen (secondary N) is 2. The van der Waals surface area contributed by atoms with Gasteiger partial charge in [0.1, 0.15) is 10.0 Å². The highest BCUT2D eigenvalue weighted by atomic mass is 32.1.